The number of hydrogen-bond donors (Lipinski definition) is 0. The van der Waals surface area contributed by atoms with Crippen molar-refractivity contribution in [1.82, 2.24) is 0 Å². The molecule has 0 N–H and O–H groups in total. The lowest BCUT2D eigenvalue weighted by atomic mass is 10.1. The van der Waals surface area contributed by atoms with Crippen LogP contribution in [0.5, 0.6) is 11.5 Å². The Balaban J connectivity index is 2.93. The molecule has 0 fully saturated rings. The van der Waals surface area contributed by atoms with Crippen molar-refractivity contribution >= 4 is 5.97 Å². The molecular weight excluding hydrogens is 196 g/mol. The highest BCUT2D eigenvalue weighted by atomic mass is 16.5. The first-order chi connectivity index (χ1) is 7.17. The molecule has 0 aliphatic rings. The number of carboxylic acids is 1. The molecule has 0 radical (unpaired) electrons. The van der Waals surface area contributed by atoms with Gasteiger partial charge in [-0.25, -0.2) is 0 Å². The Morgan fingerprint density at radius 3 is 2.67 bits per heavy atom. The van der Waals surface area contributed by atoms with Gasteiger partial charge in [-0.1, -0.05) is 6.07 Å². The molecule has 1 aromatic carbocycles. The molecule has 0 spiro atoms. The monoisotopic (exact) mass is 209 g/mol. The Morgan fingerprint density at radius 1 is 1.40 bits per heavy atom. The molecular formula is C11H13O4-. The number of hydrogen-bond acceptors (Lipinski definition) is 4. The van der Waals surface area contributed by atoms with Crippen molar-refractivity contribution in [2.24, 2.45) is 0 Å². The third kappa shape index (κ3) is 3.16. The first-order valence-corrected chi connectivity index (χ1v) is 4.67. The summed E-state index contributed by atoms with van der Waals surface area (Å²) in [6.07, 6.45) is -0.121. The van der Waals surface area contributed by atoms with E-state index in [0.717, 1.165) is 0 Å². The molecule has 1 rings (SSSR count). The highest BCUT2D eigenvalue weighted by Gasteiger charge is 2.05. The maximum absolute atomic E-state index is 10.4. The predicted molar refractivity (Wildman–Crippen MR) is 52.9 cm³/mol. The van der Waals surface area contributed by atoms with E-state index in [9.17, 15) is 9.90 Å². The maximum atomic E-state index is 10.4. The molecule has 0 amide bonds. The van der Waals surface area contributed by atoms with E-state index in [-0.39, 0.29) is 6.42 Å². The van der Waals surface area contributed by atoms with Crippen LogP contribution in [0.15, 0.2) is 18.2 Å². The van der Waals surface area contributed by atoms with Gasteiger partial charge in [-0.2, -0.15) is 0 Å². The van der Waals surface area contributed by atoms with Gasteiger partial charge in [0, 0.05) is 12.4 Å². The molecule has 0 bridgehead atoms. The Morgan fingerprint density at radius 2 is 2.13 bits per heavy atom. The summed E-state index contributed by atoms with van der Waals surface area (Å²) >= 11 is 0. The number of rotatable bonds is 5. The summed E-state index contributed by atoms with van der Waals surface area (Å²) in [7, 11) is 1.54. The fourth-order valence-electron chi connectivity index (χ4n) is 1.27. The van der Waals surface area contributed by atoms with Gasteiger partial charge in [-0.05, 0) is 24.6 Å². The molecule has 82 valence electrons. The van der Waals surface area contributed by atoms with Crippen molar-refractivity contribution in [2.45, 2.75) is 13.3 Å². The van der Waals surface area contributed by atoms with Crippen LogP contribution in [0.4, 0.5) is 0 Å². The van der Waals surface area contributed by atoms with E-state index >= 15 is 0 Å². The van der Waals surface area contributed by atoms with Crippen molar-refractivity contribution in [3.05, 3.63) is 23.8 Å². The number of ether oxygens (including phenoxy) is 2. The zero-order valence-electron chi connectivity index (χ0n) is 8.78. The minimum Gasteiger partial charge on any atom is -0.550 e. The van der Waals surface area contributed by atoms with Crippen LogP contribution in [0.1, 0.15) is 12.5 Å². The highest BCUT2D eigenvalue weighted by molar-refractivity contribution is 5.68. The van der Waals surface area contributed by atoms with Crippen LogP contribution in [-0.2, 0) is 11.2 Å². The fraction of sp³-hybridized carbons (Fsp3) is 0.364. The van der Waals surface area contributed by atoms with Crippen LogP contribution in [-0.4, -0.2) is 19.7 Å². The lowest BCUT2D eigenvalue weighted by Gasteiger charge is -2.11. The van der Waals surface area contributed by atoms with E-state index in [1.807, 2.05) is 6.92 Å². The second-order valence-corrected chi connectivity index (χ2v) is 2.97. The van der Waals surface area contributed by atoms with Crippen LogP contribution < -0.4 is 14.6 Å². The number of aliphatic carboxylic acids is 1. The zero-order valence-corrected chi connectivity index (χ0v) is 8.78. The van der Waals surface area contributed by atoms with Gasteiger partial charge in [0.05, 0.1) is 13.7 Å². The van der Waals surface area contributed by atoms with E-state index in [1.165, 1.54) is 7.11 Å². The number of methoxy groups -OCH3 is 1. The number of carbonyl (C=O) groups is 1. The van der Waals surface area contributed by atoms with Crippen LogP contribution in [0.25, 0.3) is 0 Å². The number of carboxylic acid groups (broad SMARTS) is 1. The second kappa shape index (κ2) is 5.24. The summed E-state index contributed by atoms with van der Waals surface area (Å²) in [4.78, 5) is 10.4. The molecule has 4 heteroatoms. The summed E-state index contributed by atoms with van der Waals surface area (Å²) in [6, 6.07) is 5.01. The third-order valence-electron chi connectivity index (χ3n) is 1.88. The Bertz CT molecular complexity index is 346. The normalized spacial score (nSPS) is 9.73. The Labute approximate surface area is 88.4 Å². The molecule has 0 atom stereocenters. The number of carbonyl (C=O) groups excluding carboxylic acids is 1. The zero-order chi connectivity index (χ0) is 11.3. The van der Waals surface area contributed by atoms with E-state index in [2.05, 4.69) is 0 Å². The van der Waals surface area contributed by atoms with Crippen LogP contribution in [0, 0.1) is 0 Å². The molecule has 0 saturated carbocycles. The van der Waals surface area contributed by atoms with Gasteiger partial charge in [-0.15, -0.1) is 0 Å². The van der Waals surface area contributed by atoms with Crippen molar-refractivity contribution in [3.8, 4) is 11.5 Å². The Hall–Kier alpha value is -1.71. The summed E-state index contributed by atoms with van der Waals surface area (Å²) in [5, 5.41) is 10.4. The smallest absolute Gasteiger partial charge is 0.161 e. The van der Waals surface area contributed by atoms with Crippen LogP contribution in [0.2, 0.25) is 0 Å². The van der Waals surface area contributed by atoms with Gasteiger partial charge in [-0.3, -0.25) is 0 Å². The van der Waals surface area contributed by atoms with E-state index in [0.29, 0.717) is 23.7 Å². The highest BCUT2D eigenvalue weighted by Crippen LogP contribution is 2.28. The van der Waals surface area contributed by atoms with Crippen LogP contribution in [0.3, 0.4) is 0 Å². The van der Waals surface area contributed by atoms with E-state index < -0.39 is 5.97 Å². The van der Waals surface area contributed by atoms with Crippen molar-refractivity contribution in [1.29, 1.82) is 0 Å². The average Bonchev–Trinajstić information content (AvgIpc) is 2.18. The lowest BCUT2D eigenvalue weighted by Crippen LogP contribution is -2.24. The summed E-state index contributed by atoms with van der Waals surface area (Å²) < 4.78 is 10.4. The second-order valence-electron chi connectivity index (χ2n) is 2.97. The quantitative estimate of drug-likeness (QED) is 0.703. The van der Waals surface area contributed by atoms with Crippen molar-refractivity contribution < 1.29 is 19.4 Å². The molecule has 4 nitrogen and oxygen atoms in total. The Kier molecular flexibility index (Phi) is 3.97. The summed E-state index contributed by atoms with van der Waals surface area (Å²) in [5.74, 6) is 0.0420. The average molecular weight is 209 g/mol. The summed E-state index contributed by atoms with van der Waals surface area (Å²) in [5.41, 5.74) is 0.638. The predicted octanol–water partition coefficient (Wildman–Crippen LogP) is 0.386. The maximum Gasteiger partial charge on any atom is 0.161 e. The SMILES string of the molecule is CCOc1cc(CC(=O)[O-])ccc1OC. The standard InChI is InChI=1S/C11H14O4/c1-3-15-10-6-8(7-11(12)13)4-5-9(10)14-2/h4-6H,3,7H2,1-2H3,(H,12,13)/p-1. The van der Waals surface area contributed by atoms with Gasteiger partial charge in [0.15, 0.2) is 11.5 Å². The van der Waals surface area contributed by atoms with Gasteiger partial charge in [0.2, 0.25) is 0 Å². The molecule has 0 heterocycles. The first-order valence-electron chi connectivity index (χ1n) is 4.67. The topological polar surface area (TPSA) is 58.6 Å². The molecule has 0 unspecified atom stereocenters. The molecule has 15 heavy (non-hydrogen) atoms. The van der Waals surface area contributed by atoms with E-state index in [4.69, 9.17) is 9.47 Å². The third-order valence-corrected chi connectivity index (χ3v) is 1.88. The molecule has 0 aliphatic carbocycles. The summed E-state index contributed by atoms with van der Waals surface area (Å²) in [6.45, 7) is 2.36. The van der Waals surface area contributed by atoms with E-state index in [1.54, 1.807) is 18.2 Å². The van der Waals surface area contributed by atoms with Gasteiger partial charge in [0.1, 0.15) is 0 Å². The minimum absolute atomic E-state index is 0.121. The largest absolute Gasteiger partial charge is 0.550 e. The van der Waals surface area contributed by atoms with Gasteiger partial charge < -0.3 is 19.4 Å². The first kappa shape index (κ1) is 11.4. The van der Waals surface area contributed by atoms with Crippen molar-refractivity contribution in [3.63, 3.8) is 0 Å². The minimum atomic E-state index is -1.11. The van der Waals surface area contributed by atoms with Gasteiger partial charge >= 0.3 is 0 Å². The molecule has 0 aromatic heterocycles. The fourth-order valence-corrected chi connectivity index (χ4v) is 1.27. The lowest BCUT2D eigenvalue weighted by molar-refractivity contribution is -0.304. The van der Waals surface area contributed by atoms with Crippen molar-refractivity contribution in [2.75, 3.05) is 13.7 Å². The molecule has 0 aliphatic heterocycles. The molecule has 1 aromatic rings. The van der Waals surface area contributed by atoms with Gasteiger partial charge in [0.25, 0.3) is 0 Å². The molecule has 0 saturated heterocycles. The van der Waals surface area contributed by atoms with Crippen LogP contribution >= 0.6 is 0 Å². The number of benzene rings is 1.